The molecule has 0 bridgehead atoms. The maximum atomic E-state index is 6.14. The first-order chi connectivity index (χ1) is 11.3. The summed E-state index contributed by atoms with van der Waals surface area (Å²) < 4.78 is 0. The molecule has 1 aliphatic rings. The van der Waals surface area contributed by atoms with Gasteiger partial charge in [0.2, 0.25) is 0 Å². The lowest BCUT2D eigenvalue weighted by atomic mass is 10.1. The Hall–Kier alpha value is -2.13. The van der Waals surface area contributed by atoms with Crippen molar-refractivity contribution in [2.75, 3.05) is 18.0 Å². The predicted octanol–water partition coefficient (Wildman–Crippen LogP) is 4.94. The van der Waals surface area contributed by atoms with Gasteiger partial charge in [0, 0.05) is 29.1 Å². The zero-order valence-corrected chi connectivity index (χ0v) is 13.6. The van der Waals surface area contributed by atoms with E-state index in [1.165, 1.54) is 19.3 Å². The molecule has 3 aromatic rings. The first kappa shape index (κ1) is 14.5. The number of benzene rings is 2. The molecule has 0 spiro atoms. The fraction of sp³-hybridized carbons (Fsp3) is 0.263. The van der Waals surface area contributed by atoms with Gasteiger partial charge in [-0.15, -0.1) is 0 Å². The van der Waals surface area contributed by atoms with E-state index in [1.807, 2.05) is 30.3 Å². The van der Waals surface area contributed by atoms with E-state index >= 15 is 0 Å². The second-order valence-electron chi connectivity index (χ2n) is 5.95. The quantitative estimate of drug-likeness (QED) is 0.669. The van der Waals surface area contributed by atoms with E-state index in [0.29, 0.717) is 5.02 Å². The second kappa shape index (κ2) is 6.17. The van der Waals surface area contributed by atoms with Gasteiger partial charge in [-0.25, -0.2) is 9.97 Å². The molecule has 0 aliphatic carbocycles. The van der Waals surface area contributed by atoms with Crippen LogP contribution in [0.15, 0.2) is 48.5 Å². The van der Waals surface area contributed by atoms with Gasteiger partial charge in [0.15, 0.2) is 5.82 Å². The highest BCUT2D eigenvalue weighted by Crippen LogP contribution is 2.30. The Bertz CT molecular complexity index is 841. The Morgan fingerprint density at radius 1 is 0.870 bits per heavy atom. The molecular formula is C19H18ClN3. The monoisotopic (exact) mass is 323 g/mol. The number of fused-ring (bicyclic) bond motifs is 1. The molecule has 2 heterocycles. The predicted molar refractivity (Wildman–Crippen MR) is 96.0 cm³/mol. The molecule has 0 saturated carbocycles. The van der Waals surface area contributed by atoms with Crippen LogP contribution in [0.1, 0.15) is 19.3 Å². The highest BCUT2D eigenvalue weighted by molar-refractivity contribution is 6.30. The Balaban J connectivity index is 1.89. The van der Waals surface area contributed by atoms with Gasteiger partial charge in [0.05, 0.1) is 5.52 Å². The fourth-order valence-electron chi connectivity index (χ4n) is 3.16. The second-order valence-corrected chi connectivity index (χ2v) is 6.38. The fourth-order valence-corrected chi connectivity index (χ4v) is 3.35. The third kappa shape index (κ3) is 2.89. The van der Waals surface area contributed by atoms with Crippen molar-refractivity contribution in [3.05, 3.63) is 53.6 Å². The molecule has 4 heteroatoms. The Morgan fingerprint density at radius 2 is 1.70 bits per heavy atom. The van der Waals surface area contributed by atoms with Crippen molar-refractivity contribution < 1.29 is 0 Å². The lowest BCUT2D eigenvalue weighted by Crippen LogP contribution is -2.30. The summed E-state index contributed by atoms with van der Waals surface area (Å²) in [7, 11) is 0. The van der Waals surface area contributed by atoms with Crippen LogP contribution in [-0.4, -0.2) is 23.1 Å². The van der Waals surface area contributed by atoms with Crippen molar-refractivity contribution in [3.8, 4) is 11.4 Å². The maximum Gasteiger partial charge on any atom is 0.162 e. The average Bonchev–Trinajstić information content (AvgIpc) is 2.61. The summed E-state index contributed by atoms with van der Waals surface area (Å²) in [6.07, 6.45) is 3.76. The molecule has 0 amide bonds. The SMILES string of the molecule is Clc1cccc(-c2nc(N3CCCCC3)c3ccccc3n2)c1. The summed E-state index contributed by atoms with van der Waals surface area (Å²) in [5.74, 6) is 1.79. The highest BCUT2D eigenvalue weighted by Gasteiger charge is 2.17. The van der Waals surface area contributed by atoms with E-state index in [1.54, 1.807) is 0 Å². The van der Waals surface area contributed by atoms with Crippen LogP contribution in [-0.2, 0) is 0 Å². The maximum absolute atomic E-state index is 6.14. The van der Waals surface area contributed by atoms with Crippen LogP contribution in [0.3, 0.4) is 0 Å². The Kier molecular flexibility index (Phi) is 3.88. The molecule has 0 radical (unpaired) electrons. The van der Waals surface area contributed by atoms with Crippen molar-refractivity contribution in [1.82, 2.24) is 9.97 Å². The summed E-state index contributed by atoms with van der Waals surface area (Å²) in [4.78, 5) is 12.0. The first-order valence-electron chi connectivity index (χ1n) is 8.09. The number of anilines is 1. The van der Waals surface area contributed by atoms with Gasteiger partial charge in [-0.3, -0.25) is 0 Å². The molecule has 23 heavy (non-hydrogen) atoms. The molecule has 1 saturated heterocycles. The van der Waals surface area contributed by atoms with Gasteiger partial charge in [0.1, 0.15) is 5.82 Å². The Labute approximate surface area is 140 Å². The van der Waals surface area contributed by atoms with Crippen molar-refractivity contribution in [2.45, 2.75) is 19.3 Å². The minimum atomic E-state index is 0.707. The number of hydrogen-bond donors (Lipinski definition) is 0. The van der Waals surface area contributed by atoms with E-state index in [0.717, 1.165) is 41.2 Å². The topological polar surface area (TPSA) is 29.0 Å². The van der Waals surface area contributed by atoms with E-state index < -0.39 is 0 Å². The number of aromatic nitrogens is 2. The molecule has 0 atom stereocenters. The van der Waals surface area contributed by atoms with Gasteiger partial charge in [0.25, 0.3) is 0 Å². The summed E-state index contributed by atoms with van der Waals surface area (Å²) in [5, 5.41) is 1.83. The van der Waals surface area contributed by atoms with E-state index in [4.69, 9.17) is 21.6 Å². The zero-order valence-electron chi connectivity index (χ0n) is 12.9. The van der Waals surface area contributed by atoms with Crippen LogP contribution in [0.25, 0.3) is 22.3 Å². The molecule has 0 unspecified atom stereocenters. The molecular weight excluding hydrogens is 306 g/mol. The normalized spacial score (nSPS) is 15.1. The van der Waals surface area contributed by atoms with Crippen molar-refractivity contribution >= 4 is 28.3 Å². The summed E-state index contributed by atoms with van der Waals surface area (Å²) in [6.45, 7) is 2.13. The largest absolute Gasteiger partial charge is 0.356 e. The van der Waals surface area contributed by atoms with Gasteiger partial charge >= 0.3 is 0 Å². The van der Waals surface area contributed by atoms with Gasteiger partial charge in [-0.1, -0.05) is 35.9 Å². The van der Waals surface area contributed by atoms with E-state index in [2.05, 4.69) is 23.1 Å². The number of piperidine rings is 1. The van der Waals surface area contributed by atoms with Gasteiger partial charge in [-0.05, 0) is 43.5 Å². The Morgan fingerprint density at radius 3 is 2.52 bits per heavy atom. The molecule has 2 aromatic carbocycles. The van der Waals surface area contributed by atoms with Crippen LogP contribution in [0.5, 0.6) is 0 Å². The zero-order chi connectivity index (χ0) is 15.6. The first-order valence-corrected chi connectivity index (χ1v) is 8.47. The number of nitrogens with zero attached hydrogens (tertiary/aromatic N) is 3. The minimum Gasteiger partial charge on any atom is -0.356 e. The van der Waals surface area contributed by atoms with Crippen LogP contribution in [0, 0.1) is 0 Å². The van der Waals surface area contributed by atoms with Crippen LogP contribution >= 0.6 is 11.6 Å². The molecule has 1 aromatic heterocycles. The number of hydrogen-bond acceptors (Lipinski definition) is 3. The summed E-state index contributed by atoms with van der Waals surface area (Å²) in [5.41, 5.74) is 1.94. The molecule has 4 rings (SSSR count). The van der Waals surface area contributed by atoms with Crippen LogP contribution in [0.2, 0.25) is 5.02 Å². The van der Waals surface area contributed by atoms with Crippen LogP contribution < -0.4 is 4.90 Å². The highest BCUT2D eigenvalue weighted by atomic mass is 35.5. The molecule has 1 aliphatic heterocycles. The van der Waals surface area contributed by atoms with Crippen molar-refractivity contribution in [1.29, 1.82) is 0 Å². The number of halogens is 1. The third-order valence-electron chi connectivity index (χ3n) is 4.32. The van der Waals surface area contributed by atoms with Gasteiger partial charge in [-0.2, -0.15) is 0 Å². The van der Waals surface area contributed by atoms with Gasteiger partial charge < -0.3 is 4.90 Å². The molecule has 3 nitrogen and oxygen atoms in total. The van der Waals surface area contributed by atoms with E-state index in [9.17, 15) is 0 Å². The molecule has 116 valence electrons. The molecule has 0 N–H and O–H groups in total. The standard InChI is InChI=1S/C19H18ClN3/c20-15-8-6-7-14(13-15)18-21-17-10-3-2-9-16(17)19(22-18)23-11-4-1-5-12-23/h2-3,6-10,13H,1,4-5,11-12H2. The summed E-state index contributed by atoms with van der Waals surface area (Å²) in [6, 6.07) is 16.0. The van der Waals surface area contributed by atoms with Crippen molar-refractivity contribution in [3.63, 3.8) is 0 Å². The van der Waals surface area contributed by atoms with E-state index in [-0.39, 0.29) is 0 Å². The minimum absolute atomic E-state index is 0.707. The summed E-state index contributed by atoms with van der Waals surface area (Å²) >= 11 is 6.14. The lowest BCUT2D eigenvalue weighted by molar-refractivity contribution is 0.575. The molecule has 1 fully saturated rings. The number of rotatable bonds is 2. The average molecular weight is 324 g/mol. The lowest BCUT2D eigenvalue weighted by Gasteiger charge is -2.29. The smallest absolute Gasteiger partial charge is 0.162 e. The van der Waals surface area contributed by atoms with Crippen molar-refractivity contribution in [2.24, 2.45) is 0 Å². The number of para-hydroxylation sites is 1. The van der Waals surface area contributed by atoms with Crippen LogP contribution in [0.4, 0.5) is 5.82 Å². The third-order valence-corrected chi connectivity index (χ3v) is 4.56.